The number of hydrogen-bond acceptors (Lipinski definition) is 4. The number of rotatable bonds is 7. The lowest BCUT2D eigenvalue weighted by Gasteiger charge is -2.07. The summed E-state index contributed by atoms with van der Waals surface area (Å²) in [5.41, 5.74) is 1.98. The van der Waals surface area contributed by atoms with Gasteiger partial charge in [0, 0.05) is 11.6 Å². The fourth-order valence-corrected chi connectivity index (χ4v) is 2.62. The van der Waals surface area contributed by atoms with Gasteiger partial charge in [-0.3, -0.25) is 0 Å². The molecule has 0 bridgehead atoms. The molecule has 0 radical (unpaired) electrons. The molecular formula is C17H20ClN5. The van der Waals surface area contributed by atoms with Gasteiger partial charge in [0.1, 0.15) is 12.1 Å². The predicted octanol–water partition coefficient (Wildman–Crippen LogP) is 4.13. The number of nitrogens with zero attached hydrogens (tertiary/aromatic N) is 4. The molecule has 0 spiro atoms. The molecule has 23 heavy (non-hydrogen) atoms. The molecule has 1 N–H and O–H groups in total. The van der Waals surface area contributed by atoms with Gasteiger partial charge in [-0.05, 0) is 24.1 Å². The van der Waals surface area contributed by atoms with Crippen LogP contribution in [0.3, 0.4) is 0 Å². The highest BCUT2D eigenvalue weighted by molar-refractivity contribution is 6.30. The van der Waals surface area contributed by atoms with Crippen LogP contribution in [0.25, 0.3) is 11.0 Å². The van der Waals surface area contributed by atoms with E-state index in [0.29, 0.717) is 6.54 Å². The second-order valence-corrected chi connectivity index (χ2v) is 5.96. The van der Waals surface area contributed by atoms with Crippen LogP contribution < -0.4 is 5.32 Å². The monoisotopic (exact) mass is 329 g/mol. The van der Waals surface area contributed by atoms with Gasteiger partial charge >= 0.3 is 0 Å². The van der Waals surface area contributed by atoms with E-state index in [1.165, 1.54) is 12.8 Å². The maximum Gasteiger partial charge on any atom is 0.163 e. The Kier molecular flexibility index (Phi) is 5.08. The molecule has 3 rings (SSSR count). The molecule has 0 aliphatic carbocycles. The minimum absolute atomic E-state index is 0.660. The molecule has 120 valence electrons. The maximum atomic E-state index is 5.93. The number of unbranched alkanes of at least 4 members (excludes halogenated alkanes) is 2. The fourth-order valence-electron chi connectivity index (χ4n) is 2.49. The Morgan fingerprint density at radius 2 is 1.96 bits per heavy atom. The highest BCUT2D eigenvalue weighted by Crippen LogP contribution is 2.20. The van der Waals surface area contributed by atoms with E-state index >= 15 is 0 Å². The van der Waals surface area contributed by atoms with Gasteiger partial charge in [-0.15, -0.1) is 0 Å². The van der Waals surface area contributed by atoms with Gasteiger partial charge in [-0.1, -0.05) is 43.5 Å². The van der Waals surface area contributed by atoms with E-state index in [-0.39, 0.29) is 0 Å². The Morgan fingerprint density at radius 1 is 1.13 bits per heavy atom. The van der Waals surface area contributed by atoms with Gasteiger partial charge in [0.25, 0.3) is 0 Å². The van der Waals surface area contributed by atoms with Crippen molar-refractivity contribution in [2.75, 3.05) is 11.9 Å². The molecule has 5 nitrogen and oxygen atoms in total. The summed E-state index contributed by atoms with van der Waals surface area (Å²) in [4.78, 5) is 8.73. The van der Waals surface area contributed by atoms with E-state index in [1.807, 2.05) is 35.1 Å². The van der Waals surface area contributed by atoms with Gasteiger partial charge in [0.05, 0.1) is 18.1 Å². The fraction of sp³-hybridized carbons (Fsp3) is 0.353. The average Bonchev–Trinajstić information content (AvgIpc) is 2.98. The third-order valence-electron chi connectivity index (χ3n) is 3.75. The first kappa shape index (κ1) is 15.7. The molecule has 3 aromatic rings. The SMILES string of the molecule is CCCCCNc1ncnc2c1cnn2Cc1ccc(Cl)cc1. The summed E-state index contributed by atoms with van der Waals surface area (Å²) in [5.74, 6) is 0.855. The number of anilines is 1. The topological polar surface area (TPSA) is 55.6 Å². The summed E-state index contributed by atoms with van der Waals surface area (Å²) in [6.45, 7) is 3.78. The molecule has 0 aliphatic rings. The minimum atomic E-state index is 0.660. The van der Waals surface area contributed by atoms with E-state index in [4.69, 9.17) is 11.6 Å². The van der Waals surface area contributed by atoms with E-state index in [0.717, 1.165) is 40.4 Å². The van der Waals surface area contributed by atoms with E-state index in [9.17, 15) is 0 Å². The molecule has 0 saturated carbocycles. The van der Waals surface area contributed by atoms with Crippen molar-refractivity contribution in [1.82, 2.24) is 19.7 Å². The highest BCUT2D eigenvalue weighted by atomic mass is 35.5. The van der Waals surface area contributed by atoms with Crippen LogP contribution >= 0.6 is 11.6 Å². The molecule has 0 fully saturated rings. The first-order valence-corrected chi connectivity index (χ1v) is 8.30. The lowest BCUT2D eigenvalue weighted by molar-refractivity contribution is 0.703. The summed E-state index contributed by atoms with van der Waals surface area (Å²) >= 11 is 5.93. The van der Waals surface area contributed by atoms with Gasteiger partial charge in [0.2, 0.25) is 0 Å². The quantitative estimate of drug-likeness (QED) is 0.662. The number of fused-ring (bicyclic) bond motifs is 1. The zero-order valence-electron chi connectivity index (χ0n) is 13.2. The van der Waals surface area contributed by atoms with Gasteiger partial charge in [-0.25, -0.2) is 14.6 Å². The van der Waals surface area contributed by atoms with Gasteiger partial charge in [0.15, 0.2) is 5.65 Å². The minimum Gasteiger partial charge on any atom is -0.369 e. The second kappa shape index (κ2) is 7.42. The Balaban J connectivity index is 1.79. The molecule has 0 amide bonds. The first-order valence-electron chi connectivity index (χ1n) is 7.92. The van der Waals surface area contributed by atoms with Crippen LogP contribution in [-0.2, 0) is 6.54 Å². The molecule has 0 saturated heterocycles. The summed E-state index contributed by atoms with van der Waals surface area (Å²) in [6, 6.07) is 7.78. The van der Waals surface area contributed by atoms with Crippen molar-refractivity contribution < 1.29 is 0 Å². The maximum absolute atomic E-state index is 5.93. The van der Waals surface area contributed by atoms with Crippen molar-refractivity contribution >= 4 is 28.5 Å². The van der Waals surface area contributed by atoms with Crippen molar-refractivity contribution in [2.45, 2.75) is 32.7 Å². The van der Waals surface area contributed by atoms with Crippen LogP contribution in [0, 0.1) is 0 Å². The molecule has 0 atom stereocenters. The van der Waals surface area contributed by atoms with E-state index in [2.05, 4.69) is 27.3 Å². The molecule has 2 heterocycles. The van der Waals surface area contributed by atoms with Crippen LogP contribution in [0.15, 0.2) is 36.8 Å². The van der Waals surface area contributed by atoms with E-state index in [1.54, 1.807) is 6.33 Å². The van der Waals surface area contributed by atoms with Crippen molar-refractivity contribution in [2.24, 2.45) is 0 Å². The molecule has 2 aromatic heterocycles. The van der Waals surface area contributed by atoms with Crippen molar-refractivity contribution in [3.05, 3.63) is 47.4 Å². The molecule has 0 unspecified atom stereocenters. The number of hydrogen-bond donors (Lipinski definition) is 1. The van der Waals surface area contributed by atoms with Crippen LogP contribution in [-0.4, -0.2) is 26.3 Å². The molecule has 0 aliphatic heterocycles. The molecule has 6 heteroatoms. The smallest absolute Gasteiger partial charge is 0.163 e. The number of aromatic nitrogens is 4. The number of benzene rings is 1. The van der Waals surface area contributed by atoms with Crippen LogP contribution in [0.2, 0.25) is 5.02 Å². The van der Waals surface area contributed by atoms with Crippen molar-refractivity contribution in [1.29, 1.82) is 0 Å². The Hall–Kier alpha value is -2.14. The first-order chi connectivity index (χ1) is 11.3. The largest absolute Gasteiger partial charge is 0.369 e. The summed E-state index contributed by atoms with van der Waals surface area (Å²) in [7, 11) is 0. The molecular weight excluding hydrogens is 310 g/mol. The third kappa shape index (κ3) is 3.79. The predicted molar refractivity (Wildman–Crippen MR) is 93.9 cm³/mol. The summed E-state index contributed by atoms with van der Waals surface area (Å²) < 4.78 is 1.89. The van der Waals surface area contributed by atoms with Gasteiger partial charge < -0.3 is 5.32 Å². The lowest BCUT2D eigenvalue weighted by atomic mass is 10.2. The Labute approximate surface area is 140 Å². The third-order valence-corrected chi connectivity index (χ3v) is 4.00. The van der Waals surface area contributed by atoms with Crippen LogP contribution in [0.5, 0.6) is 0 Å². The van der Waals surface area contributed by atoms with Crippen LogP contribution in [0.4, 0.5) is 5.82 Å². The van der Waals surface area contributed by atoms with Crippen molar-refractivity contribution in [3.8, 4) is 0 Å². The Bertz CT molecular complexity index is 766. The summed E-state index contributed by atoms with van der Waals surface area (Å²) in [5, 5.41) is 9.54. The standard InChI is InChI=1S/C17H20ClN5/c1-2-3-4-9-19-16-15-10-22-23(17(15)21-12-20-16)11-13-5-7-14(18)8-6-13/h5-8,10,12H,2-4,9,11H2,1H3,(H,19,20,21). The average molecular weight is 330 g/mol. The van der Waals surface area contributed by atoms with E-state index < -0.39 is 0 Å². The zero-order valence-corrected chi connectivity index (χ0v) is 13.9. The lowest BCUT2D eigenvalue weighted by Crippen LogP contribution is -2.05. The summed E-state index contributed by atoms with van der Waals surface area (Å²) in [6.07, 6.45) is 6.98. The van der Waals surface area contributed by atoms with Crippen LogP contribution in [0.1, 0.15) is 31.7 Å². The molecule has 1 aromatic carbocycles. The van der Waals surface area contributed by atoms with Crippen molar-refractivity contribution in [3.63, 3.8) is 0 Å². The number of nitrogens with one attached hydrogen (secondary N) is 1. The number of halogens is 1. The van der Waals surface area contributed by atoms with Gasteiger partial charge in [-0.2, -0.15) is 5.10 Å². The second-order valence-electron chi connectivity index (χ2n) is 5.52. The Morgan fingerprint density at radius 3 is 2.74 bits per heavy atom. The normalized spacial score (nSPS) is 11.0. The highest BCUT2D eigenvalue weighted by Gasteiger charge is 2.09. The zero-order chi connectivity index (χ0) is 16.1.